The molecule has 0 unspecified atom stereocenters. The fourth-order valence-corrected chi connectivity index (χ4v) is 2.17. The van der Waals surface area contributed by atoms with Crippen molar-refractivity contribution in [2.24, 2.45) is 0 Å². The maximum atomic E-state index is 11.8. The number of carboxylic acid groups (broad SMARTS) is 1. The number of hydrogen-bond acceptors (Lipinski definition) is 3. The molecule has 1 heterocycles. The molecule has 1 aromatic heterocycles. The van der Waals surface area contributed by atoms with E-state index in [-0.39, 0.29) is 0 Å². The van der Waals surface area contributed by atoms with E-state index in [0.29, 0.717) is 5.69 Å². The Morgan fingerprint density at radius 2 is 2.05 bits per heavy atom. The second kappa shape index (κ2) is 4.85. The maximum Gasteiger partial charge on any atom is 0.342 e. The van der Waals surface area contributed by atoms with Crippen molar-refractivity contribution in [1.29, 1.82) is 0 Å². The molecule has 6 nitrogen and oxygen atoms in total. The number of rotatable bonds is 2. The molecule has 0 amide bonds. The third kappa shape index (κ3) is 2.50. The molecule has 0 spiro atoms. The summed E-state index contributed by atoms with van der Waals surface area (Å²) in [6.07, 6.45) is 1.03. The summed E-state index contributed by atoms with van der Waals surface area (Å²) in [5, 5.41) is 8.90. The van der Waals surface area contributed by atoms with Crippen molar-refractivity contribution in [2.45, 2.75) is 6.92 Å². The molecule has 0 aliphatic carbocycles. The molecule has 0 atom stereocenters. The number of aromatic carboxylic acids is 1. The van der Waals surface area contributed by atoms with Gasteiger partial charge in [0.1, 0.15) is 5.56 Å². The Kier molecular flexibility index (Phi) is 3.39. The van der Waals surface area contributed by atoms with Gasteiger partial charge in [-0.3, -0.25) is 14.3 Å². The molecule has 1 aromatic carbocycles. The summed E-state index contributed by atoms with van der Waals surface area (Å²) in [6, 6.07) is 5.17. The Bertz CT molecular complexity index is 776. The number of aromatic amines is 1. The van der Waals surface area contributed by atoms with Crippen molar-refractivity contribution < 1.29 is 9.90 Å². The summed E-state index contributed by atoms with van der Waals surface area (Å²) in [5.74, 6) is -1.38. The van der Waals surface area contributed by atoms with E-state index in [1.165, 1.54) is 0 Å². The van der Waals surface area contributed by atoms with E-state index in [4.69, 9.17) is 5.11 Å². The van der Waals surface area contributed by atoms with Crippen LogP contribution in [0.2, 0.25) is 0 Å². The van der Waals surface area contributed by atoms with Gasteiger partial charge in [0.05, 0.1) is 5.69 Å². The number of aromatic nitrogens is 2. The van der Waals surface area contributed by atoms with Crippen LogP contribution in [0.1, 0.15) is 15.9 Å². The van der Waals surface area contributed by atoms with Gasteiger partial charge < -0.3 is 5.11 Å². The number of benzene rings is 1. The highest BCUT2D eigenvalue weighted by Crippen LogP contribution is 2.18. The maximum absolute atomic E-state index is 11.8. The molecule has 2 rings (SSSR count). The van der Waals surface area contributed by atoms with Crippen molar-refractivity contribution in [1.82, 2.24) is 9.55 Å². The van der Waals surface area contributed by atoms with Gasteiger partial charge >= 0.3 is 11.7 Å². The van der Waals surface area contributed by atoms with Gasteiger partial charge in [-0.2, -0.15) is 0 Å². The lowest BCUT2D eigenvalue weighted by Crippen LogP contribution is -2.32. The lowest BCUT2D eigenvalue weighted by molar-refractivity contribution is 0.0694. The molecule has 0 radical (unpaired) electrons. The van der Waals surface area contributed by atoms with Crippen LogP contribution in [0, 0.1) is 6.92 Å². The molecule has 19 heavy (non-hydrogen) atoms. The average Bonchev–Trinajstić information content (AvgIpc) is 2.30. The molecule has 0 saturated heterocycles. The minimum Gasteiger partial charge on any atom is -0.477 e. The van der Waals surface area contributed by atoms with Crippen LogP contribution >= 0.6 is 15.9 Å². The summed E-state index contributed by atoms with van der Waals surface area (Å²) >= 11 is 3.30. The number of aryl methyl sites for hydroxylation is 1. The molecule has 2 aromatic rings. The molecule has 98 valence electrons. The summed E-state index contributed by atoms with van der Waals surface area (Å²) in [5.41, 5.74) is -0.808. The third-order valence-corrected chi connectivity index (χ3v) is 3.08. The van der Waals surface area contributed by atoms with Crippen molar-refractivity contribution >= 4 is 21.9 Å². The quantitative estimate of drug-likeness (QED) is 0.870. The highest BCUT2D eigenvalue weighted by atomic mass is 79.9. The van der Waals surface area contributed by atoms with Crippen molar-refractivity contribution in [3.8, 4) is 5.69 Å². The standard InChI is InChI=1S/C12H9BrN2O4/c1-6-4-7(13)2-3-9(6)15-5-8(11(17)18)10(16)14-12(15)19/h2-5H,1H3,(H,17,18)(H,14,16,19). The minimum atomic E-state index is -1.38. The smallest absolute Gasteiger partial charge is 0.342 e. The van der Waals surface area contributed by atoms with Crippen molar-refractivity contribution in [3.63, 3.8) is 0 Å². The predicted octanol–water partition coefficient (Wildman–Crippen LogP) is 1.29. The number of nitrogens with one attached hydrogen (secondary N) is 1. The number of nitrogens with zero attached hydrogens (tertiary/aromatic N) is 1. The van der Waals surface area contributed by atoms with E-state index in [0.717, 1.165) is 20.8 Å². The van der Waals surface area contributed by atoms with E-state index in [1.54, 1.807) is 25.1 Å². The number of halogens is 1. The van der Waals surface area contributed by atoms with Crippen LogP contribution in [0.5, 0.6) is 0 Å². The van der Waals surface area contributed by atoms with Gasteiger partial charge in [-0.1, -0.05) is 15.9 Å². The number of hydrogen-bond donors (Lipinski definition) is 2. The number of H-pyrrole nitrogens is 1. The van der Waals surface area contributed by atoms with E-state index in [1.807, 2.05) is 4.98 Å². The molecule has 0 saturated carbocycles. The van der Waals surface area contributed by atoms with Crippen LogP contribution in [-0.4, -0.2) is 20.6 Å². The van der Waals surface area contributed by atoms with Gasteiger partial charge in [-0.05, 0) is 30.7 Å². The van der Waals surface area contributed by atoms with E-state index in [2.05, 4.69) is 15.9 Å². The lowest BCUT2D eigenvalue weighted by atomic mass is 10.2. The Balaban J connectivity index is 2.75. The highest BCUT2D eigenvalue weighted by Gasteiger charge is 2.13. The summed E-state index contributed by atoms with van der Waals surface area (Å²) in [4.78, 5) is 36.0. The van der Waals surface area contributed by atoms with Crippen LogP contribution in [0.4, 0.5) is 0 Å². The van der Waals surface area contributed by atoms with Crippen molar-refractivity contribution in [2.75, 3.05) is 0 Å². The second-order valence-corrected chi connectivity index (χ2v) is 4.82. The monoisotopic (exact) mass is 324 g/mol. The molecule has 0 bridgehead atoms. The van der Waals surface area contributed by atoms with E-state index in [9.17, 15) is 14.4 Å². The largest absolute Gasteiger partial charge is 0.477 e. The Labute approximate surface area is 115 Å². The third-order valence-electron chi connectivity index (χ3n) is 2.59. The summed E-state index contributed by atoms with van der Waals surface area (Å²) in [7, 11) is 0. The van der Waals surface area contributed by atoms with Crippen LogP contribution in [0.15, 0.2) is 38.5 Å². The zero-order chi connectivity index (χ0) is 14.2. The lowest BCUT2D eigenvalue weighted by Gasteiger charge is -2.09. The van der Waals surface area contributed by atoms with Crippen molar-refractivity contribution in [3.05, 3.63) is 60.8 Å². The second-order valence-electron chi connectivity index (χ2n) is 3.91. The average molecular weight is 325 g/mol. The van der Waals surface area contributed by atoms with Gasteiger partial charge in [0, 0.05) is 10.7 Å². The molecule has 0 aliphatic heterocycles. The first kappa shape index (κ1) is 13.3. The zero-order valence-corrected chi connectivity index (χ0v) is 11.4. The minimum absolute atomic E-state index is 0.484. The van der Waals surface area contributed by atoms with Gasteiger partial charge in [0.25, 0.3) is 5.56 Å². The molecule has 0 fully saturated rings. The SMILES string of the molecule is Cc1cc(Br)ccc1-n1cc(C(=O)O)c(=O)[nH]c1=O. The van der Waals surface area contributed by atoms with Crippen LogP contribution in [-0.2, 0) is 0 Å². The Morgan fingerprint density at radius 3 is 2.63 bits per heavy atom. The van der Waals surface area contributed by atoms with Crippen LogP contribution in [0.3, 0.4) is 0 Å². The van der Waals surface area contributed by atoms with Gasteiger partial charge in [-0.15, -0.1) is 0 Å². The molecule has 0 aliphatic rings. The van der Waals surface area contributed by atoms with Gasteiger partial charge in [-0.25, -0.2) is 9.59 Å². The number of carboxylic acids is 1. The Morgan fingerprint density at radius 1 is 1.37 bits per heavy atom. The first-order chi connectivity index (χ1) is 8.90. The topological polar surface area (TPSA) is 92.2 Å². The zero-order valence-electron chi connectivity index (χ0n) is 9.81. The fraction of sp³-hybridized carbons (Fsp3) is 0.0833. The fourth-order valence-electron chi connectivity index (χ4n) is 1.69. The van der Waals surface area contributed by atoms with E-state index >= 15 is 0 Å². The molecular weight excluding hydrogens is 316 g/mol. The first-order valence-electron chi connectivity index (χ1n) is 5.26. The molecule has 2 N–H and O–H groups in total. The summed E-state index contributed by atoms with van der Waals surface area (Å²) < 4.78 is 1.94. The molecule has 7 heteroatoms. The van der Waals surface area contributed by atoms with Gasteiger partial charge in [0.15, 0.2) is 0 Å². The van der Waals surface area contributed by atoms with Crippen LogP contribution < -0.4 is 11.2 Å². The van der Waals surface area contributed by atoms with E-state index < -0.39 is 22.8 Å². The summed E-state index contributed by atoms with van der Waals surface area (Å²) in [6.45, 7) is 1.78. The number of carbonyl (C=O) groups is 1. The molecular formula is C12H9BrN2O4. The first-order valence-corrected chi connectivity index (χ1v) is 6.05. The van der Waals surface area contributed by atoms with Gasteiger partial charge in [0.2, 0.25) is 0 Å². The highest BCUT2D eigenvalue weighted by molar-refractivity contribution is 9.10. The normalized spacial score (nSPS) is 10.4. The Hall–Kier alpha value is -2.15. The predicted molar refractivity (Wildman–Crippen MR) is 72.1 cm³/mol. The van der Waals surface area contributed by atoms with Crippen LogP contribution in [0.25, 0.3) is 5.69 Å².